The lowest BCUT2D eigenvalue weighted by Gasteiger charge is -2.16. The molecule has 5 heteroatoms. The third-order valence-electron chi connectivity index (χ3n) is 2.60. The molecule has 0 aliphatic rings. The predicted molar refractivity (Wildman–Crippen MR) is 72.6 cm³/mol. The van der Waals surface area contributed by atoms with Gasteiger partial charge < -0.3 is 15.8 Å². The number of anilines is 1. The third kappa shape index (κ3) is 2.94. The molecule has 0 aliphatic heterocycles. The molecule has 0 aliphatic carbocycles. The summed E-state index contributed by atoms with van der Waals surface area (Å²) in [5.41, 5.74) is 6.62. The standard InChI is InChI=1S/C12H17N3OS/c1-16-8-9(6-7-13)14-12-10-4-2-3-5-11(10)15-17-12/h2-5,9,14H,6-8,13H2,1H3. The lowest BCUT2D eigenvalue weighted by molar-refractivity contribution is 0.183. The van der Waals surface area contributed by atoms with Crippen LogP contribution in [0.15, 0.2) is 24.3 Å². The molecule has 0 bridgehead atoms. The van der Waals surface area contributed by atoms with E-state index in [-0.39, 0.29) is 6.04 Å². The van der Waals surface area contributed by atoms with E-state index in [1.807, 2.05) is 18.2 Å². The molecule has 0 saturated carbocycles. The predicted octanol–water partition coefficient (Wildman–Crippen LogP) is 2.07. The van der Waals surface area contributed by atoms with Crippen molar-refractivity contribution in [2.75, 3.05) is 25.6 Å². The van der Waals surface area contributed by atoms with Gasteiger partial charge in [0.2, 0.25) is 0 Å². The summed E-state index contributed by atoms with van der Waals surface area (Å²) in [6.45, 7) is 1.31. The van der Waals surface area contributed by atoms with Crippen LogP contribution < -0.4 is 11.1 Å². The smallest absolute Gasteiger partial charge is 0.117 e. The van der Waals surface area contributed by atoms with Gasteiger partial charge in [-0.1, -0.05) is 12.1 Å². The topological polar surface area (TPSA) is 60.2 Å². The summed E-state index contributed by atoms with van der Waals surface area (Å²) in [4.78, 5) is 0. The van der Waals surface area contributed by atoms with Gasteiger partial charge in [0.25, 0.3) is 0 Å². The molecule has 0 radical (unpaired) electrons. The van der Waals surface area contributed by atoms with Crippen LogP contribution in [0.5, 0.6) is 0 Å². The van der Waals surface area contributed by atoms with Crippen LogP contribution in [0, 0.1) is 0 Å². The maximum absolute atomic E-state index is 5.59. The quantitative estimate of drug-likeness (QED) is 0.825. The van der Waals surface area contributed by atoms with Crippen molar-refractivity contribution in [3.05, 3.63) is 24.3 Å². The van der Waals surface area contributed by atoms with Gasteiger partial charge in [-0.3, -0.25) is 0 Å². The monoisotopic (exact) mass is 251 g/mol. The average Bonchev–Trinajstić information content (AvgIpc) is 2.74. The van der Waals surface area contributed by atoms with Crippen molar-refractivity contribution in [3.8, 4) is 0 Å². The van der Waals surface area contributed by atoms with Crippen LogP contribution in [0.25, 0.3) is 10.9 Å². The summed E-state index contributed by atoms with van der Waals surface area (Å²) in [6.07, 6.45) is 0.889. The van der Waals surface area contributed by atoms with Gasteiger partial charge in [-0.05, 0) is 36.6 Å². The lowest BCUT2D eigenvalue weighted by atomic mass is 10.2. The van der Waals surface area contributed by atoms with E-state index >= 15 is 0 Å². The maximum atomic E-state index is 5.59. The number of nitrogens with one attached hydrogen (secondary N) is 1. The van der Waals surface area contributed by atoms with E-state index in [0.29, 0.717) is 13.2 Å². The van der Waals surface area contributed by atoms with E-state index < -0.39 is 0 Å². The average molecular weight is 251 g/mol. The highest BCUT2D eigenvalue weighted by Gasteiger charge is 2.11. The van der Waals surface area contributed by atoms with Crippen molar-refractivity contribution >= 4 is 27.4 Å². The minimum Gasteiger partial charge on any atom is -0.383 e. The normalized spacial score (nSPS) is 12.8. The van der Waals surface area contributed by atoms with Gasteiger partial charge in [-0.25, -0.2) is 0 Å². The summed E-state index contributed by atoms with van der Waals surface area (Å²) in [5.74, 6) is 0. The van der Waals surface area contributed by atoms with Gasteiger partial charge in [0.15, 0.2) is 0 Å². The summed E-state index contributed by atoms with van der Waals surface area (Å²) in [6, 6.07) is 8.36. The zero-order valence-electron chi connectivity index (χ0n) is 9.85. The molecule has 1 aromatic heterocycles. The number of benzene rings is 1. The SMILES string of the molecule is COCC(CCN)Nc1snc2ccccc12. The van der Waals surface area contributed by atoms with Crippen LogP contribution in [0.3, 0.4) is 0 Å². The fourth-order valence-corrected chi connectivity index (χ4v) is 2.62. The fourth-order valence-electron chi connectivity index (χ4n) is 1.78. The summed E-state index contributed by atoms with van der Waals surface area (Å²) in [7, 11) is 1.70. The Kier molecular flexibility index (Phi) is 4.30. The van der Waals surface area contributed by atoms with Crippen molar-refractivity contribution in [1.29, 1.82) is 0 Å². The molecule has 1 heterocycles. The van der Waals surface area contributed by atoms with E-state index in [2.05, 4.69) is 15.8 Å². The molecule has 4 nitrogen and oxygen atoms in total. The highest BCUT2D eigenvalue weighted by molar-refractivity contribution is 7.11. The van der Waals surface area contributed by atoms with Crippen molar-refractivity contribution in [2.24, 2.45) is 5.73 Å². The first kappa shape index (κ1) is 12.3. The zero-order chi connectivity index (χ0) is 12.1. The molecule has 2 rings (SSSR count). The van der Waals surface area contributed by atoms with Gasteiger partial charge in [0.05, 0.1) is 18.2 Å². The molecule has 0 spiro atoms. The molecular weight excluding hydrogens is 234 g/mol. The first-order chi connectivity index (χ1) is 8.35. The first-order valence-electron chi connectivity index (χ1n) is 5.65. The van der Waals surface area contributed by atoms with Crippen LogP contribution in [0.1, 0.15) is 6.42 Å². The van der Waals surface area contributed by atoms with Gasteiger partial charge >= 0.3 is 0 Å². The molecule has 0 amide bonds. The van der Waals surface area contributed by atoms with Crippen LogP contribution in [-0.2, 0) is 4.74 Å². The molecule has 0 fully saturated rings. The Morgan fingerprint density at radius 3 is 3.06 bits per heavy atom. The molecule has 1 unspecified atom stereocenters. The molecule has 1 atom stereocenters. The number of ether oxygens (including phenoxy) is 1. The molecule has 2 aromatic rings. The summed E-state index contributed by atoms with van der Waals surface area (Å²) >= 11 is 1.49. The van der Waals surface area contributed by atoms with Crippen molar-refractivity contribution in [3.63, 3.8) is 0 Å². The Morgan fingerprint density at radius 2 is 2.29 bits per heavy atom. The second-order valence-corrected chi connectivity index (χ2v) is 4.68. The lowest BCUT2D eigenvalue weighted by Crippen LogP contribution is -2.27. The highest BCUT2D eigenvalue weighted by Crippen LogP contribution is 2.28. The highest BCUT2D eigenvalue weighted by atomic mass is 32.1. The minimum atomic E-state index is 0.244. The summed E-state index contributed by atoms with van der Waals surface area (Å²) < 4.78 is 9.58. The van der Waals surface area contributed by atoms with E-state index in [1.165, 1.54) is 11.5 Å². The van der Waals surface area contributed by atoms with E-state index in [1.54, 1.807) is 7.11 Å². The van der Waals surface area contributed by atoms with Crippen molar-refractivity contribution in [1.82, 2.24) is 4.37 Å². The Labute approximate surface area is 105 Å². The largest absolute Gasteiger partial charge is 0.383 e. The minimum absolute atomic E-state index is 0.244. The van der Waals surface area contributed by atoms with Crippen LogP contribution in [-0.4, -0.2) is 30.7 Å². The first-order valence-corrected chi connectivity index (χ1v) is 6.42. The number of methoxy groups -OCH3 is 1. The Balaban J connectivity index is 2.15. The number of hydrogen-bond donors (Lipinski definition) is 2. The number of nitrogens with zero attached hydrogens (tertiary/aromatic N) is 1. The number of hydrogen-bond acceptors (Lipinski definition) is 5. The van der Waals surface area contributed by atoms with Crippen LogP contribution >= 0.6 is 11.5 Å². The van der Waals surface area contributed by atoms with Gasteiger partial charge in [0, 0.05) is 12.5 Å². The Hall–Kier alpha value is -1.17. The fraction of sp³-hybridized carbons (Fsp3) is 0.417. The number of fused-ring (bicyclic) bond motifs is 1. The number of nitrogens with two attached hydrogens (primary N) is 1. The third-order valence-corrected chi connectivity index (χ3v) is 3.41. The summed E-state index contributed by atoms with van der Waals surface area (Å²) in [5, 5.41) is 5.71. The zero-order valence-corrected chi connectivity index (χ0v) is 10.7. The second-order valence-electron chi connectivity index (χ2n) is 3.90. The molecule has 92 valence electrons. The van der Waals surface area contributed by atoms with Crippen LogP contribution in [0.4, 0.5) is 5.00 Å². The molecule has 17 heavy (non-hydrogen) atoms. The van der Waals surface area contributed by atoms with Gasteiger partial charge in [-0.2, -0.15) is 4.37 Å². The van der Waals surface area contributed by atoms with Crippen LogP contribution in [0.2, 0.25) is 0 Å². The molecule has 1 aromatic carbocycles. The Morgan fingerprint density at radius 1 is 1.47 bits per heavy atom. The number of rotatable bonds is 6. The van der Waals surface area contributed by atoms with E-state index in [9.17, 15) is 0 Å². The van der Waals surface area contributed by atoms with Gasteiger partial charge in [-0.15, -0.1) is 0 Å². The molecular formula is C12H17N3OS. The van der Waals surface area contributed by atoms with E-state index in [0.717, 1.165) is 22.3 Å². The number of aromatic nitrogens is 1. The molecule has 3 N–H and O–H groups in total. The van der Waals surface area contributed by atoms with Crippen molar-refractivity contribution in [2.45, 2.75) is 12.5 Å². The Bertz CT molecular complexity index is 465. The molecule has 0 saturated heterocycles. The van der Waals surface area contributed by atoms with Crippen molar-refractivity contribution < 1.29 is 4.74 Å². The maximum Gasteiger partial charge on any atom is 0.117 e. The second kappa shape index (κ2) is 5.95. The van der Waals surface area contributed by atoms with Gasteiger partial charge in [0.1, 0.15) is 5.00 Å². The van der Waals surface area contributed by atoms with E-state index in [4.69, 9.17) is 10.5 Å².